The lowest BCUT2D eigenvalue weighted by Crippen LogP contribution is -1.70. The molecule has 0 radical (unpaired) electrons. The Balaban J connectivity index is 2.15. The van der Waals surface area contributed by atoms with E-state index < -0.39 is 0 Å². The van der Waals surface area contributed by atoms with Crippen LogP contribution in [0, 0.1) is 0 Å². The first kappa shape index (κ1) is 9.10. The Hall–Kier alpha value is -1.47. The Bertz CT molecular complexity index is 412. The Labute approximate surface area is 88.0 Å². The molecular weight excluding hydrogens is 194 g/mol. The van der Waals surface area contributed by atoms with Crippen molar-refractivity contribution < 1.29 is 0 Å². The molecule has 0 amide bonds. The summed E-state index contributed by atoms with van der Waals surface area (Å²) in [6, 6.07) is 9.78. The number of aromatic nitrogens is 1. The summed E-state index contributed by atoms with van der Waals surface area (Å²) in [6.07, 6.45) is 7.97. The van der Waals surface area contributed by atoms with Gasteiger partial charge in [-0.2, -0.15) is 0 Å². The van der Waals surface area contributed by atoms with Gasteiger partial charge in [-0.25, -0.2) is 0 Å². The van der Waals surface area contributed by atoms with Crippen molar-refractivity contribution in [2.24, 2.45) is 0 Å². The highest BCUT2D eigenvalue weighted by atomic mass is 35.5. The summed E-state index contributed by atoms with van der Waals surface area (Å²) in [4.78, 5) is 3.00. The normalized spacial score (nSPS) is 10.9. The zero-order valence-corrected chi connectivity index (χ0v) is 8.33. The van der Waals surface area contributed by atoms with Gasteiger partial charge in [0, 0.05) is 17.4 Å². The number of H-pyrrole nitrogens is 1. The molecule has 70 valence electrons. The molecule has 2 aromatic rings. The molecule has 0 unspecified atom stereocenters. The molecule has 0 saturated heterocycles. The highest BCUT2D eigenvalue weighted by molar-refractivity contribution is 6.30. The lowest BCUT2D eigenvalue weighted by atomic mass is 10.2. The van der Waals surface area contributed by atoms with Gasteiger partial charge >= 0.3 is 0 Å². The standard InChI is InChI=1S/C12H10ClN/c13-12-5-3-10(4-6-12)1-2-11-7-8-14-9-11/h1-9,14H/b2-1+. The largest absolute Gasteiger partial charge is 0.367 e. The van der Waals surface area contributed by atoms with Crippen LogP contribution >= 0.6 is 11.6 Å². The second kappa shape index (κ2) is 4.16. The predicted octanol–water partition coefficient (Wildman–Crippen LogP) is 3.84. The molecule has 0 bridgehead atoms. The molecule has 0 aliphatic carbocycles. The van der Waals surface area contributed by atoms with Gasteiger partial charge in [-0.15, -0.1) is 0 Å². The fourth-order valence-corrected chi connectivity index (χ4v) is 1.33. The van der Waals surface area contributed by atoms with Crippen molar-refractivity contribution in [1.82, 2.24) is 4.98 Å². The first-order chi connectivity index (χ1) is 6.84. The molecule has 1 aromatic carbocycles. The van der Waals surface area contributed by atoms with Crippen LogP contribution in [-0.4, -0.2) is 4.98 Å². The summed E-state index contributed by atoms with van der Waals surface area (Å²) < 4.78 is 0. The minimum atomic E-state index is 0.767. The lowest BCUT2D eigenvalue weighted by molar-refractivity contribution is 1.41. The molecule has 1 heterocycles. The summed E-state index contributed by atoms with van der Waals surface area (Å²) in [5, 5.41) is 0.767. The van der Waals surface area contributed by atoms with Crippen LogP contribution in [0.1, 0.15) is 11.1 Å². The Morgan fingerprint density at radius 2 is 1.64 bits per heavy atom. The number of rotatable bonds is 2. The van der Waals surface area contributed by atoms with Gasteiger partial charge in [0.15, 0.2) is 0 Å². The van der Waals surface area contributed by atoms with Crippen molar-refractivity contribution in [2.45, 2.75) is 0 Å². The SMILES string of the molecule is Clc1ccc(/C=C/c2cc[nH]c2)cc1. The maximum absolute atomic E-state index is 5.78. The fraction of sp³-hybridized carbons (Fsp3) is 0. The molecule has 2 heteroatoms. The molecular formula is C12H10ClN. The molecule has 1 N–H and O–H groups in total. The first-order valence-corrected chi connectivity index (χ1v) is 4.79. The van der Waals surface area contributed by atoms with E-state index >= 15 is 0 Å². The third kappa shape index (κ3) is 2.27. The molecule has 0 aliphatic heterocycles. The third-order valence-electron chi connectivity index (χ3n) is 1.96. The second-order valence-electron chi connectivity index (χ2n) is 3.03. The van der Waals surface area contributed by atoms with Crippen molar-refractivity contribution in [3.8, 4) is 0 Å². The summed E-state index contributed by atoms with van der Waals surface area (Å²) in [6.45, 7) is 0. The molecule has 1 nitrogen and oxygen atoms in total. The number of aromatic amines is 1. The van der Waals surface area contributed by atoms with Gasteiger partial charge in [-0.05, 0) is 29.3 Å². The summed E-state index contributed by atoms with van der Waals surface area (Å²) in [5.74, 6) is 0. The molecule has 0 aliphatic rings. The summed E-state index contributed by atoms with van der Waals surface area (Å²) >= 11 is 5.78. The van der Waals surface area contributed by atoms with Crippen LogP contribution in [0.2, 0.25) is 5.02 Å². The maximum atomic E-state index is 5.78. The van der Waals surface area contributed by atoms with E-state index in [9.17, 15) is 0 Å². The Kier molecular flexibility index (Phi) is 2.70. The van der Waals surface area contributed by atoms with Crippen LogP contribution in [-0.2, 0) is 0 Å². The number of hydrogen-bond acceptors (Lipinski definition) is 0. The van der Waals surface area contributed by atoms with Crippen LogP contribution in [0.4, 0.5) is 0 Å². The smallest absolute Gasteiger partial charge is 0.0406 e. The number of hydrogen-bond donors (Lipinski definition) is 1. The molecule has 0 saturated carbocycles. The first-order valence-electron chi connectivity index (χ1n) is 4.41. The van der Waals surface area contributed by atoms with Gasteiger partial charge in [-0.1, -0.05) is 35.9 Å². The fourth-order valence-electron chi connectivity index (χ4n) is 1.21. The molecule has 1 aromatic heterocycles. The lowest BCUT2D eigenvalue weighted by Gasteiger charge is -1.92. The van der Waals surface area contributed by atoms with Gasteiger partial charge < -0.3 is 4.98 Å². The van der Waals surface area contributed by atoms with E-state index in [-0.39, 0.29) is 0 Å². The molecule has 14 heavy (non-hydrogen) atoms. The number of benzene rings is 1. The average molecular weight is 204 g/mol. The van der Waals surface area contributed by atoms with Crippen molar-refractivity contribution >= 4 is 23.8 Å². The van der Waals surface area contributed by atoms with Crippen molar-refractivity contribution in [1.29, 1.82) is 0 Å². The van der Waals surface area contributed by atoms with Crippen molar-refractivity contribution in [3.05, 3.63) is 58.9 Å². The zero-order valence-electron chi connectivity index (χ0n) is 7.57. The van der Waals surface area contributed by atoms with Gasteiger partial charge in [0.2, 0.25) is 0 Å². The van der Waals surface area contributed by atoms with Crippen molar-refractivity contribution in [3.63, 3.8) is 0 Å². The van der Waals surface area contributed by atoms with E-state index in [1.807, 2.05) is 42.7 Å². The maximum Gasteiger partial charge on any atom is 0.0406 e. The summed E-state index contributed by atoms with van der Waals surface area (Å²) in [7, 11) is 0. The Morgan fingerprint density at radius 3 is 2.29 bits per heavy atom. The van der Waals surface area contributed by atoms with E-state index in [0.29, 0.717) is 0 Å². The Morgan fingerprint density at radius 1 is 0.929 bits per heavy atom. The van der Waals surface area contributed by atoms with Gasteiger partial charge in [-0.3, -0.25) is 0 Å². The van der Waals surface area contributed by atoms with E-state index in [1.54, 1.807) is 0 Å². The number of halogens is 1. The minimum Gasteiger partial charge on any atom is -0.367 e. The van der Waals surface area contributed by atoms with Crippen LogP contribution in [0.3, 0.4) is 0 Å². The van der Waals surface area contributed by atoms with Gasteiger partial charge in [0.1, 0.15) is 0 Å². The second-order valence-corrected chi connectivity index (χ2v) is 3.47. The minimum absolute atomic E-state index is 0.767. The van der Waals surface area contributed by atoms with E-state index in [1.165, 1.54) is 5.56 Å². The quantitative estimate of drug-likeness (QED) is 0.764. The van der Waals surface area contributed by atoms with E-state index in [0.717, 1.165) is 10.6 Å². The highest BCUT2D eigenvalue weighted by Crippen LogP contribution is 2.12. The molecule has 2 rings (SSSR count). The monoisotopic (exact) mass is 203 g/mol. The van der Waals surface area contributed by atoms with Crippen LogP contribution in [0.5, 0.6) is 0 Å². The molecule has 0 atom stereocenters. The van der Waals surface area contributed by atoms with E-state index in [4.69, 9.17) is 11.6 Å². The molecule has 0 fully saturated rings. The molecule has 0 spiro atoms. The van der Waals surface area contributed by atoms with Crippen LogP contribution in [0.15, 0.2) is 42.7 Å². The van der Waals surface area contributed by atoms with Crippen LogP contribution < -0.4 is 0 Å². The van der Waals surface area contributed by atoms with Crippen molar-refractivity contribution in [2.75, 3.05) is 0 Å². The number of nitrogens with one attached hydrogen (secondary N) is 1. The topological polar surface area (TPSA) is 15.8 Å². The predicted molar refractivity (Wildman–Crippen MR) is 61.2 cm³/mol. The third-order valence-corrected chi connectivity index (χ3v) is 2.21. The zero-order chi connectivity index (χ0) is 9.80. The average Bonchev–Trinajstić information content (AvgIpc) is 2.70. The van der Waals surface area contributed by atoms with Gasteiger partial charge in [0.25, 0.3) is 0 Å². The van der Waals surface area contributed by atoms with Crippen LogP contribution in [0.25, 0.3) is 12.2 Å². The van der Waals surface area contributed by atoms with Gasteiger partial charge in [0.05, 0.1) is 0 Å². The highest BCUT2D eigenvalue weighted by Gasteiger charge is 1.88. The van der Waals surface area contributed by atoms with E-state index in [2.05, 4.69) is 17.1 Å². The summed E-state index contributed by atoms with van der Waals surface area (Å²) in [5.41, 5.74) is 2.32.